The molecular formula is C15H16ClN3O2. The van der Waals surface area contributed by atoms with Crippen molar-refractivity contribution in [1.82, 2.24) is 10.1 Å². The van der Waals surface area contributed by atoms with Crippen LogP contribution in [0.15, 0.2) is 34.9 Å². The van der Waals surface area contributed by atoms with Crippen molar-refractivity contribution in [2.75, 3.05) is 11.9 Å². The topological polar surface area (TPSA) is 58.4 Å². The van der Waals surface area contributed by atoms with Gasteiger partial charge in [0.25, 0.3) is 0 Å². The molecule has 1 aliphatic heterocycles. The van der Waals surface area contributed by atoms with Crippen LogP contribution in [-0.4, -0.2) is 22.6 Å². The molecule has 21 heavy (non-hydrogen) atoms. The number of benzene rings is 1. The predicted octanol–water partition coefficient (Wildman–Crippen LogP) is 4.01. The fraction of sp³-hybridized carbons (Fsp3) is 0.333. The number of aromatic nitrogens is 1. The van der Waals surface area contributed by atoms with E-state index in [2.05, 4.69) is 10.5 Å². The van der Waals surface area contributed by atoms with E-state index in [1.165, 1.54) is 0 Å². The zero-order chi connectivity index (χ0) is 14.8. The van der Waals surface area contributed by atoms with Crippen LogP contribution in [0, 0.1) is 6.92 Å². The van der Waals surface area contributed by atoms with Gasteiger partial charge in [0.1, 0.15) is 11.5 Å². The first-order valence-corrected chi connectivity index (χ1v) is 7.28. The number of rotatable bonds is 2. The molecule has 0 spiro atoms. The number of halogens is 1. The lowest BCUT2D eigenvalue weighted by Gasteiger charge is -2.23. The molecule has 1 N–H and O–H groups in total. The Kier molecular flexibility index (Phi) is 3.84. The van der Waals surface area contributed by atoms with Gasteiger partial charge in [0.2, 0.25) is 0 Å². The van der Waals surface area contributed by atoms with E-state index in [9.17, 15) is 4.79 Å². The number of hydrogen-bond acceptors (Lipinski definition) is 3. The molecule has 0 aliphatic carbocycles. The van der Waals surface area contributed by atoms with Gasteiger partial charge in [-0.05, 0) is 44.0 Å². The molecule has 6 heteroatoms. The van der Waals surface area contributed by atoms with Gasteiger partial charge in [-0.1, -0.05) is 16.8 Å². The number of anilines is 1. The summed E-state index contributed by atoms with van der Waals surface area (Å²) in [5.41, 5.74) is 1.54. The van der Waals surface area contributed by atoms with Crippen LogP contribution in [0.25, 0.3) is 0 Å². The molecule has 1 aromatic heterocycles. The summed E-state index contributed by atoms with van der Waals surface area (Å²) in [6.07, 6.45) is 1.87. The Labute approximate surface area is 127 Å². The van der Waals surface area contributed by atoms with Gasteiger partial charge in [-0.3, -0.25) is 0 Å². The zero-order valence-corrected chi connectivity index (χ0v) is 12.4. The van der Waals surface area contributed by atoms with Crippen LogP contribution < -0.4 is 5.32 Å². The Bertz CT molecular complexity index is 639. The van der Waals surface area contributed by atoms with Crippen molar-refractivity contribution in [2.45, 2.75) is 25.8 Å². The first-order chi connectivity index (χ1) is 10.1. The van der Waals surface area contributed by atoms with E-state index in [4.69, 9.17) is 16.1 Å². The van der Waals surface area contributed by atoms with Gasteiger partial charge < -0.3 is 14.7 Å². The maximum atomic E-state index is 12.4. The third-order valence-corrected chi connectivity index (χ3v) is 3.85. The van der Waals surface area contributed by atoms with E-state index < -0.39 is 0 Å². The average molecular weight is 306 g/mol. The maximum absolute atomic E-state index is 12.4. The summed E-state index contributed by atoms with van der Waals surface area (Å²) < 4.78 is 5.11. The third kappa shape index (κ3) is 3.03. The number of hydrogen-bond donors (Lipinski definition) is 1. The van der Waals surface area contributed by atoms with Crippen LogP contribution in [0.3, 0.4) is 0 Å². The second-order valence-electron chi connectivity index (χ2n) is 5.15. The average Bonchev–Trinajstić information content (AvgIpc) is 3.09. The molecule has 1 atom stereocenters. The molecule has 110 valence electrons. The quantitative estimate of drug-likeness (QED) is 0.912. The molecule has 1 fully saturated rings. The summed E-state index contributed by atoms with van der Waals surface area (Å²) in [6, 6.07) is 8.81. The number of urea groups is 1. The zero-order valence-electron chi connectivity index (χ0n) is 11.7. The standard InChI is InChI=1S/C15H16ClN3O2/c1-10-9-13(18-21-10)14-3-2-8-19(14)15(20)17-12-6-4-11(16)5-7-12/h4-7,9,14H,2-3,8H2,1H3,(H,17,20)/t14-/m1/s1. The van der Waals surface area contributed by atoms with Crippen molar-refractivity contribution < 1.29 is 9.32 Å². The number of aryl methyl sites for hydroxylation is 1. The van der Waals surface area contributed by atoms with Crippen LogP contribution in [0.2, 0.25) is 5.02 Å². The lowest BCUT2D eigenvalue weighted by atomic mass is 10.1. The van der Waals surface area contributed by atoms with Crippen molar-refractivity contribution in [3.8, 4) is 0 Å². The second kappa shape index (κ2) is 5.77. The van der Waals surface area contributed by atoms with Gasteiger partial charge in [-0.25, -0.2) is 4.79 Å². The molecule has 2 heterocycles. The van der Waals surface area contributed by atoms with Crippen molar-refractivity contribution in [2.24, 2.45) is 0 Å². The Hall–Kier alpha value is -2.01. The van der Waals surface area contributed by atoms with Gasteiger partial charge in [0, 0.05) is 23.3 Å². The SMILES string of the molecule is Cc1cc([C@H]2CCCN2C(=O)Nc2ccc(Cl)cc2)no1. The van der Waals surface area contributed by atoms with Crippen molar-refractivity contribution >= 4 is 23.3 Å². The van der Waals surface area contributed by atoms with Gasteiger partial charge in [0.05, 0.1) is 6.04 Å². The highest BCUT2D eigenvalue weighted by Gasteiger charge is 2.32. The summed E-state index contributed by atoms with van der Waals surface area (Å²) in [7, 11) is 0. The van der Waals surface area contributed by atoms with E-state index in [-0.39, 0.29) is 12.1 Å². The molecule has 0 bridgehead atoms. The molecule has 1 aliphatic rings. The second-order valence-corrected chi connectivity index (χ2v) is 5.59. The predicted molar refractivity (Wildman–Crippen MR) is 80.4 cm³/mol. The molecule has 0 saturated carbocycles. The van der Waals surface area contributed by atoms with Crippen LogP contribution in [0.4, 0.5) is 10.5 Å². The maximum Gasteiger partial charge on any atom is 0.322 e. The van der Waals surface area contributed by atoms with Crippen LogP contribution in [0.1, 0.15) is 30.3 Å². The van der Waals surface area contributed by atoms with Crippen LogP contribution >= 0.6 is 11.6 Å². The normalized spacial score (nSPS) is 18.0. The lowest BCUT2D eigenvalue weighted by Crippen LogP contribution is -2.34. The monoisotopic (exact) mass is 305 g/mol. The molecule has 0 unspecified atom stereocenters. The number of likely N-dealkylation sites (tertiary alicyclic amines) is 1. The Morgan fingerprint density at radius 2 is 2.19 bits per heavy atom. The molecule has 1 saturated heterocycles. The van der Waals surface area contributed by atoms with Crippen LogP contribution in [0.5, 0.6) is 0 Å². The van der Waals surface area contributed by atoms with Crippen molar-refractivity contribution in [1.29, 1.82) is 0 Å². The molecule has 1 aromatic carbocycles. The summed E-state index contributed by atoms with van der Waals surface area (Å²) >= 11 is 5.84. The largest absolute Gasteiger partial charge is 0.361 e. The first kappa shape index (κ1) is 13.9. The van der Waals surface area contributed by atoms with E-state index >= 15 is 0 Å². The third-order valence-electron chi connectivity index (χ3n) is 3.60. The fourth-order valence-electron chi connectivity index (χ4n) is 2.59. The summed E-state index contributed by atoms with van der Waals surface area (Å²) in [6.45, 7) is 2.57. The van der Waals surface area contributed by atoms with Crippen molar-refractivity contribution in [3.05, 3.63) is 46.8 Å². The lowest BCUT2D eigenvalue weighted by molar-refractivity contribution is 0.204. The summed E-state index contributed by atoms with van der Waals surface area (Å²) in [5.74, 6) is 0.759. The summed E-state index contributed by atoms with van der Waals surface area (Å²) in [5, 5.41) is 7.57. The molecule has 5 nitrogen and oxygen atoms in total. The molecule has 0 radical (unpaired) electrons. The Morgan fingerprint density at radius 3 is 2.86 bits per heavy atom. The molecule has 2 amide bonds. The number of nitrogens with zero attached hydrogens (tertiary/aromatic N) is 2. The highest BCUT2D eigenvalue weighted by atomic mass is 35.5. The Morgan fingerprint density at radius 1 is 1.43 bits per heavy atom. The van der Waals surface area contributed by atoms with Crippen LogP contribution in [-0.2, 0) is 0 Å². The highest BCUT2D eigenvalue weighted by molar-refractivity contribution is 6.30. The fourth-order valence-corrected chi connectivity index (χ4v) is 2.71. The number of carbonyl (C=O) groups is 1. The van der Waals surface area contributed by atoms with Gasteiger partial charge in [-0.2, -0.15) is 0 Å². The summed E-state index contributed by atoms with van der Waals surface area (Å²) in [4.78, 5) is 14.2. The van der Waals surface area contributed by atoms with Gasteiger partial charge >= 0.3 is 6.03 Å². The van der Waals surface area contributed by atoms with E-state index in [0.717, 1.165) is 36.5 Å². The minimum Gasteiger partial charge on any atom is -0.361 e. The minimum atomic E-state index is -0.125. The van der Waals surface area contributed by atoms with Gasteiger partial charge in [0.15, 0.2) is 0 Å². The molecule has 2 aromatic rings. The number of carbonyl (C=O) groups excluding carboxylic acids is 1. The van der Waals surface area contributed by atoms with E-state index in [1.54, 1.807) is 29.2 Å². The van der Waals surface area contributed by atoms with E-state index in [1.807, 2.05) is 13.0 Å². The Balaban J connectivity index is 1.72. The minimum absolute atomic E-state index is 0.0187. The molecule has 3 rings (SSSR count). The number of amides is 2. The van der Waals surface area contributed by atoms with Crippen molar-refractivity contribution in [3.63, 3.8) is 0 Å². The highest BCUT2D eigenvalue weighted by Crippen LogP contribution is 2.32. The first-order valence-electron chi connectivity index (χ1n) is 6.90. The number of nitrogens with one attached hydrogen (secondary N) is 1. The van der Waals surface area contributed by atoms with E-state index in [0.29, 0.717) is 5.02 Å². The molecular weight excluding hydrogens is 290 g/mol. The van der Waals surface area contributed by atoms with Gasteiger partial charge in [-0.15, -0.1) is 0 Å². The smallest absolute Gasteiger partial charge is 0.322 e.